The molecule has 3 rings (SSSR count). The summed E-state index contributed by atoms with van der Waals surface area (Å²) in [6.07, 6.45) is 4.35. The number of carbonyl (C=O) groups is 1. The van der Waals surface area contributed by atoms with Gasteiger partial charge >= 0.3 is 19.2 Å². The van der Waals surface area contributed by atoms with Crippen LogP contribution in [-0.2, 0) is 16.1 Å². The van der Waals surface area contributed by atoms with Crippen molar-refractivity contribution in [3.63, 3.8) is 0 Å². The molecule has 11 heteroatoms. The summed E-state index contributed by atoms with van der Waals surface area (Å²) in [5, 5.41) is 0. The van der Waals surface area contributed by atoms with E-state index >= 15 is 0 Å². The van der Waals surface area contributed by atoms with E-state index in [1.54, 1.807) is 18.6 Å². The molecule has 1 aromatic carbocycles. The minimum atomic E-state index is -3.19. The molecule has 1 aromatic heterocycles. The van der Waals surface area contributed by atoms with E-state index in [1.807, 2.05) is 4.90 Å². The molecule has 6 nitrogen and oxygen atoms in total. The fraction of sp³-hybridized carbons (Fsp3) is 0.524. The third-order valence-corrected chi connectivity index (χ3v) is 6.02. The lowest BCUT2D eigenvalue weighted by atomic mass is 9.85. The zero-order chi connectivity index (χ0) is 23.1. The average Bonchev–Trinajstić information content (AvgIpc) is 3.26. The van der Waals surface area contributed by atoms with Gasteiger partial charge in [-0.05, 0) is 44.7 Å². The van der Waals surface area contributed by atoms with Crippen LogP contribution in [0.5, 0.6) is 11.5 Å². The first-order valence-corrected chi connectivity index (χ1v) is 11.1. The van der Waals surface area contributed by atoms with Gasteiger partial charge in [-0.1, -0.05) is 0 Å². The van der Waals surface area contributed by atoms with Crippen molar-refractivity contribution in [1.29, 1.82) is 0 Å². The molecule has 1 fully saturated rings. The molecule has 1 aliphatic rings. The van der Waals surface area contributed by atoms with Gasteiger partial charge in [-0.25, -0.2) is 0 Å². The van der Waals surface area contributed by atoms with Gasteiger partial charge in [0.1, 0.15) is 0 Å². The highest BCUT2D eigenvalue weighted by atomic mass is 32.1. The number of benzene rings is 1. The number of esters is 1. The molecule has 0 N–H and O–H groups in total. The summed E-state index contributed by atoms with van der Waals surface area (Å²) in [7, 11) is 0. The lowest BCUT2D eigenvalue weighted by molar-refractivity contribution is -0.149. The molecule has 0 amide bonds. The molecule has 1 aliphatic carbocycles. The molecule has 32 heavy (non-hydrogen) atoms. The quantitative estimate of drug-likeness (QED) is 0.335. The first-order chi connectivity index (χ1) is 15.4. The summed E-state index contributed by atoms with van der Waals surface area (Å²) < 4.78 is 65.0. The van der Waals surface area contributed by atoms with E-state index in [-0.39, 0.29) is 17.9 Å². The van der Waals surface area contributed by atoms with Crippen molar-refractivity contribution in [1.82, 2.24) is 4.98 Å². The van der Waals surface area contributed by atoms with Crippen LogP contribution in [0.15, 0.2) is 29.9 Å². The second kappa shape index (κ2) is 11.3. The Labute approximate surface area is 187 Å². The largest absolute Gasteiger partial charge is 0.466 e. The van der Waals surface area contributed by atoms with Gasteiger partial charge in [-0.3, -0.25) is 9.78 Å². The van der Waals surface area contributed by atoms with Crippen LogP contribution in [0.3, 0.4) is 0 Å². The van der Waals surface area contributed by atoms with Crippen molar-refractivity contribution in [2.24, 2.45) is 5.92 Å². The lowest BCUT2D eigenvalue weighted by Crippen LogP contribution is -2.39. The molecule has 0 saturated heterocycles. The molecule has 0 aliphatic heterocycles. The summed E-state index contributed by atoms with van der Waals surface area (Å²) in [6.45, 7) is -3.83. The maximum Gasteiger partial charge on any atom is 0.387 e. The number of hydrogen-bond donors (Lipinski definition) is 0. The first-order valence-electron chi connectivity index (χ1n) is 10.2. The standard InChI is InChI=1S/C21H24F4N2O4S/c1-2-29-19(28)13-3-5-14(6-4-13)27(11-16-10-26-12-32-16)15-7-8-17(30-20(22)23)18(9-15)31-21(24)25/h7-10,12-14,20-21H,2-6,11H2,1H3/t13-,14+. The molecule has 0 bridgehead atoms. The lowest BCUT2D eigenvalue weighted by Gasteiger charge is -2.38. The maximum atomic E-state index is 12.9. The molecule has 0 unspecified atom stereocenters. The maximum absolute atomic E-state index is 12.9. The van der Waals surface area contributed by atoms with Gasteiger partial charge in [-0.15, -0.1) is 11.3 Å². The average molecular weight is 476 g/mol. The van der Waals surface area contributed by atoms with Crippen molar-refractivity contribution in [3.8, 4) is 11.5 Å². The van der Waals surface area contributed by atoms with Crippen molar-refractivity contribution < 1.29 is 36.6 Å². The number of rotatable bonds is 10. The number of aromatic nitrogens is 1. The Kier molecular flexibility index (Phi) is 8.54. The second-order valence-corrected chi connectivity index (χ2v) is 8.21. The van der Waals surface area contributed by atoms with Crippen LogP contribution >= 0.6 is 11.3 Å². The highest BCUT2D eigenvalue weighted by molar-refractivity contribution is 7.09. The number of ether oxygens (including phenoxy) is 3. The summed E-state index contributed by atoms with van der Waals surface area (Å²) in [5.74, 6) is -1.31. The van der Waals surface area contributed by atoms with E-state index in [0.717, 1.165) is 4.88 Å². The summed E-state index contributed by atoms with van der Waals surface area (Å²) in [5.41, 5.74) is 2.21. The topological polar surface area (TPSA) is 60.9 Å². The fourth-order valence-corrected chi connectivity index (χ4v) is 4.45. The molecule has 176 valence electrons. The Bertz CT molecular complexity index is 861. The predicted molar refractivity (Wildman–Crippen MR) is 110 cm³/mol. The Morgan fingerprint density at radius 2 is 1.81 bits per heavy atom. The highest BCUT2D eigenvalue weighted by Gasteiger charge is 2.31. The van der Waals surface area contributed by atoms with Crippen LogP contribution in [0, 0.1) is 5.92 Å². The van der Waals surface area contributed by atoms with Crippen molar-refractivity contribution in [3.05, 3.63) is 34.8 Å². The van der Waals surface area contributed by atoms with E-state index in [0.29, 0.717) is 44.5 Å². The number of hydrogen-bond acceptors (Lipinski definition) is 7. The van der Waals surface area contributed by atoms with Gasteiger partial charge in [0.2, 0.25) is 0 Å². The van der Waals surface area contributed by atoms with Gasteiger partial charge in [0.25, 0.3) is 0 Å². The van der Waals surface area contributed by atoms with Gasteiger partial charge in [0.15, 0.2) is 11.5 Å². The summed E-state index contributed by atoms with van der Waals surface area (Å²) in [6, 6.07) is 4.02. The van der Waals surface area contributed by atoms with E-state index in [9.17, 15) is 22.4 Å². The molecule has 0 radical (unpaired) electrons. The summed E-state index contributed by atoms with van der Waals surface area (Å²) >= 11 is 1.45. The summed E-state index contributed by atoms with van der Waals surface area (Å²) in [4.78, 5) is 19.1. The van der Waals surface area contributed by atoms with Gasteiger partial charge in [-0.2, -0.15) is 17.6 Å². The van der Waals surface area contributed by atoms with Crippen molar-refractivity contribution >= 4 is 23.0 Å². The Morgan fingerprint density at radius 3 is 2.41 bits per heavy atom. The third kappa shape index (κ3) is 6.47. The van der Waals surface area contributed by atoms with E-state index in [4.69, 9.17) is 4.74 Å². The van der Waals surface area contributed by atoms with E-state index in [1.165, 1.54) is 29.5 Å². The molecule has 1 heterocycles. The van der Waals surface area contributed by atoms with E-state index in [2.05, 4.69) is 14.5 Å². The highest BCUT2D eigenvalue weighted by Crippen LogP contribution is 2.38. The minimum Gasteiger partial charge on any atom is -0.466 e. The van der Waals surface area contributed by atoms with Gasteiger partial charge in [0, 0.05) is 28.9 Å². The normalized spacial score (nSPS) is 18.6. The van der Waals surface area contributed by atoms with Crippen LogP contribution in [0.2, 0.25) is 0 Å². The van der Waals surface area contributed by atoms with Crippen LogP contribution in [-0.4, -0.2) is 36.8 Å². The van der Waals surface area contributed by atoms with Crippen molar-refractivity contribution in [2.45, 2.75) is 58.4 Å². The van der Waals surface area contributed by atoms with Gasteiger partial charge in [0.05, 0.1) is 24.6 Å². The Balaban J connectivity index is 1.85. The SMILES string of the molecule is CCOC(=O)[C@H]1CC[C@@H](N(Cc2cncs2)c2ccc(OC(F)F)c(OC(F)F)c2)CC1. The van der Waals surface area contributed by atoms with Crippen LogP contribution in [0.1, 0.15) is 37.5 Å². The van der Waals surface area contributed by atoms with Crippen LogP contribution in [0.25, 0.3) is 0 Å². The second-order valence-electron chi connectivity index (χ2n) is 7.24. The number of nitrogens with zero attached hydrogens (tertiary/aromatic N) is 2. The smallest absolute Gasteiger partial charge is 0.387 e. The molecule has 2 aromatic rings. The molecule has 0 atom stereocenters. The van der Waals surface area contributed by atoms with Crippen LogP contribution < -0.4 is 14.4 Å². The molecular weight excluding hydrogens is 452 g/mol. The first kappa shape index (κ1) is 24.1. The molecule has 1 saturated carbocycles. The fourth-order valence-electron chi connectivity index (χ4n) is 3.86. The Hall–Kier alpha value is -2.56. The van der Waals surface area contributed by atoms with Gasteiger partial charge < -0.3 is 19.1 Å². The number of halogens is 4. The zero-order valence-electron chi connectivity index (χ0n) is 17.4. The molecular formula is C21H24F4N2O4S. The number of alkyl halides is 4. The number of thiazole rings is 1. The minimum absolute atomic E-state index is 0.00374. The monoisotopic (exact) mass is 476 g/mol. The third-order valence-electron chi connectivity index (χ3n) is 5.26. The van der Waals surface area contributed by atoms with E-state index < -0.39 is 24.7 Å². The zero-order valence-corrected chi connectivity index (χ0v) is 18.2. The Morgan fingerprint density at radius 1 is 1.12 bits per heavy atom. The predicted octanol–water partition coefficient (Wildman–Crippen LogP) is 5.47. The number of carbonyl (C=O) groups excluding carboxylic acids is 1. The van der Waals surface area contributed by atoms with Crippen LogP contribution in [0.4, 0.5) is 23.2 Å². The number of anilines is 1. The molecule has 0 spiro atoms. The van der Waals surface area contributed by atoms with Crippen molar-refractivity contribution in [2.75, 3.05) is 11.5 Å².